The molecule has 2 aromatic rings. The summed E-state index contributed by atoms with van der Waals surface area (Å²) in [5, 5.41) is 45.9. The number of thioether (sulfide) groups is 4. The Kier molecular flexibility index (Phi) is 5.91. The minimum Gasteiger partial charge on any atom is -0.505 e. The highest BCUT2D eigenvalue weighted by atomic mass is 32.2. The Morgan fingerprint density at radius 2 is 1.56 bits per heavy atom. The lowest BCUT2D eigenvalue weighted by molar-refractivity contribution is -0.114. The van der Waals surface area contributed by atoms with E-state index in [1.165, 1.54) is 5.01 Å². The van der Waals surface area contributed by atoms with E-state index in [1.807, 2.05) is 18.2 Å². The number of carbonyl (C=O) groups excluding carboxylic acids is 1. The average molecular weight is 525 g/mol. The summed E-state index contributed by atoms with van der Waals surface area (Å²) < 4.78 is 6.59. The van der Waals surface area contributed by atoms with E-state index in [2.05, 4.69) is 5.10 Å². The predicted molar refractivity (Wildman–Crippen MR) is 131 cm³/mol. The lowest BCUT2D eigenvalue weighted by Crippen LogP contribution is -2.22. The Hall–Kier alpha value is -3.16. The van der Waals surface area contributed by atoms with E-state index in [9.17, 15) is 15.0 Å². The molecule has 34 heavy (non-hydrogen) atoms. The zero-order valence-electron chi connectivity index (χ0n) is 17.2. The van der Waals surface area contributed by atoms with E-state index >= 15 is 0 Å². The highest BCUT2D eigenvalue weighted by Gasteiger charge is 2.41. The second-order valence-electron chi connectivity index (χ2n) is 6.76. The van der Waals surface area contributed by atoms with E-state index in [-0.39, 0.29) is 34.5 Å². The van der Waals surface area contributed by atoms with Crippen LogP contribution in [0.4, 0.5) is 5.69 Å². The number of hydrogen-bond donors (Lipinski definition) is 2. The number of nitriles is 2. The lowest BCUT2D eigenvalue weighted by Gasteiger charge is -2.10. The van der Waals surface area contributed by atoms with Gasteiger partial charge in [0.05, 0.1) is 40.4 Å². The van der Waals surface area contributed by atoms with Crippen molar-refractivity contribution in [3.63, 3.8) is 0 Å². The average Bonchev–Trinajstić information content (AvgIpc) is 3.55. The van der Waals surface area contributed by atoms with Gasteiger partial charge >= 0.3 is 0 Å². The van der Waals surface area contributed by atoms with Crippen molar-refractivity contribution in [1.29, 1.82) is 10.5 Å². The highest BCUT2D eigenvalue weighted by Crippen LogP contribution is 2.68. The standard InChI is InChI=1S/C22H12N4O4S4/c1-2-30-19-12(20(29)26(25-19)11-6-4-3-5-7-11)22-33-17-13(27)15-16(14(28)18(17)34-22)32-21(31-15)10(8-23)9-24/h3-7,27-28H,2H2,1H3. The smallest absolute Gasteiger partial charge is 0.286 e. The Balaban J connectivity index is 1.56. The number of fused-ring (bicyclic) bond motifs is 2. The maximum absolute atomic E-state index is 13.3. The first-order chi connectivity index (χ1) is 16.5. The fraction of sp³-hybridized carbons (Fsp3) is 0.0909. The van der Waals surface area contributed by atoms with Crippen LogP contribution in [0.25, 0.3) is 0 Å². The molecule has 12 heteroatoms. The summed E-state index contributed by atoms with van der Waals surface area (Å²) in [6, 6.07) is 12.6. The van der Waals surface area contributed by atoms with Crippen LogP contribution in [-0.4, -0.2) is 28.6 Å². The third-order valence-corrected chi connectivity index (χ3v) is 10.00. The van der Waals surface area contributed by atoms with Gasteiger partial charge in [0.1, 0.15) is 34.8 Å². The van der Waals surface area contributed by atoms with Crippen LogP contribution in [-0.2, 0) is 9.53 Å². The normalized spacial score (nSPS) is 16.2. The first-order valence-corrected chi connectivity index (χ1v) is 13.0. The number of rotatable bonds is 2. The van der Waals surface area contributed by atoms with Gasteiger partial charge in [-0.15, -0.1) is 5.10 Å². The predicted octanol–water partition coefficient (Wildman–Crippen LogP) is 5.36. The monoisotopic (exact) mass is 524 g/mol. The first kappa shape index (κ1) is 22.6. The Labute approximate surface area is 211 Å². The molecule has 0 aliphatic carbocycles. The number of anilines is 1. The summed E-state index contributed by atoms with van der Waals surface area (Å²) >= 11 is 4.43. The molecule has 0 aromatic heterocycles. The van der Waals surface area contributed by atoms with Gasteiger partial charge in [-0.25, -0.2) is 0 Å². The molecular weight excluding hydrogens is 513 g/mol. The Morgan fingerprint density at radius 1 is 1.00 bits per heavy atom. The van der Waals surface area contributed by atoms with Crippen molar-refractivity contribution < 1.29 is 19.7 Å². The first-order valence-electron chi connectivity index (χ1n) is 9.71. The van der Waals surface area contributed by atoms with Crippen molar-refractivity contribution in [3.8, 4) is 23.6 Å². The molecule has 8 nitrogen and oxygen atoms in total. The third-order valence-electron chi connectivity index (χ3n) is 4.78. The quantitative estimate of drug-likeness (QED) is 0.301. The molecule has 0 atom stereocenters. The molecule has 0 radical (unpaired) electrons. The lowest BCUT2D eigenvalue weighted by atomic mass is 10.2. The van der Waals surface area contributed by atoms with Gasteiger partial charge in [-0.3, -0.25) is 4.79 Å². The molecule has 5 rings (SSSR count). The minimum absolute atomic E-state index is 0.0705. The topological polar surface area (TPSA) is 130 Å². The number of phenolic OH excluding ortho intramolecular Hbond substituents is 2. The molecule has 0 fully saturated rings. The van der Waals surface area contributed by atoms with Crippen molar-refractivity contribution in [2.24, 2.45) is 5.10 Å². The number of carbonyl (C=O) groups is 1. The summed E-state index contributed by atoms with van der Waals surface area (Å²) in [4.78, 5) is 14.9. The van der Waals surface area contributed by atoms with Gasteiger partial charge in [-0.05, 0) is 19.1 Å². The molecule has 0 unspecified atom stereocenters. The van der Waals surface area contributed by atoms with E-state index in [0.29, 0.717) is 40.4 Å². The maximum Gasteiger partial charge on any atom is 0.286 e. The third kappa shape index (κ3) is 3.51. The van der Waals surface area contributed by atoms with E-state index in [1.54, 1.807) is 31.2 Å². The fourth-order valence-electron chi connectivity index (χ4n) is 3.29. The molecule has 2 N–H and O–H groups in total. The van der Waals surface area contributed by atoms with Crippen LogP contribution in [0.15, 0.2) is 74.6 Å². The molecule has 3 aliphatic heterocycles. The van der Waals surface area contributed by atoms with Gasteiger partial charge in [0.2, 0.25) is 5.90 Å². The van der Waals surface area contributed by atoms with Crippen molar-refractivity contribution in [1.82, 2.24) is 0 Å². The number of hydrogen-bond acceptors (Lipinski definition) is 11. The Bertz CT molecular complexity index is 1380. The zero-order valence-corrected chi connectivity index (χ0v) is 20.5. The molecule has 3 heterocycles. The number of nitrogens with zero attached hydrogens (tertiary/aromatic N) is 4. The fourth-order valence-corrected chi connectivity index (χ4v) is 8.48. The van der Waals surface area contributed by atoms with Gasteiger partial charge in [0.15, 0.2) is 0 Å². The van der Waals surface area contributed by atoms with Crippen LogP contribution in [0, 0.1) is 22.7 Å². The second kappa shape index (κ2) is 8.89. The molecule has 0 spiro atoms. The summed E-state index contributed by atoms with van der Waals surface area (Å²) in [5.74, 6) is -0.337. The Morgan fingerprint density at radius 3 is 2.09 bits per heavy atom. The molecule has 0 bridgehead atoms. The highest BCUT2D eigenvalue weighted by molar-refractivity contribution is 8.26. The van der Waals surface area contributed by atoms with Gasteiger partial charge < -0.3 is 14.9 Å². The summed E-state index contributed by atoms with van der Waals surface area (Å²) in [7, 11) is 0. The zero-order chi connectivity index (χ0) is 24.0. The number of hydrazone groups is 1. The van der Waals surface area contributed by atoms with Gasteiger partial charge in [0, 0.05) is 0 Å². The number of amides is 1. The molecule has 3 aliphatic rings. The number of ether oxygens (including phenoxy) is 1. The largest absolute Gasteiger partial charge is 0.505 e. The molecule has 1 amide bonds. The number of allylic oxidation sites excluding steroid dienone is 1. The van der Waals surface area contributed by atoms with Crippen LogP contribution >= 0.6 is 47.0 Å². The van der Waals surface area contributed by atoms with Gasteiger partial charge in [-0.1, -0.05) is 65.2 Å². The van der Waals surface area contributed by atoms with Crippen molar-refractivity contribution in [2.45, 2.75) is 26.5 Å². The van der Waals surface area contributed by atoms with Gasteiger partial charge in [0.25, 0.3) is 5.91 Å². The summed E-state index contributed by atoms with van der Waals surface area (Å²) in [6.45, 7) is 2.10. The van der Waals surface area contributed by atoms with Gasteiger partial charge in [-0.2, -0.15) is 15.5 Å². The second-order valence-corrected chi connectivity index (χ2v) is 11.4. The number of benzene rings is 2. The number of para-hydroxylation sites is 1. The van der Waals surface area contributed by atoms with Crippen LogP contribution < -0.4 is 5.01 Å². The molecule has 0 saturated heterocycles. The maximum atomic E-state index is 13.3. The number of aromatic hydroxyl groups is 2. The molecule has 0 saturated carbocycles. The van der Waals surface area contributed by atoms with Crippen molar-refractivity contribution >= 4 is 64.5 Å². The number of phenols is 2. The molecule has 168 valence electrons. The van der Waals surface area contributed by atoms with Crippen LogP contribution in [0.2, 0.25) is 0 Å². The van der Waals surface area contributed by atoms with E-state index < -0.39 is 0 Å². The summed E-state index contributed by atoms with van der Waals surface area (Å²) in [5.41, 5.74) is 0.768. The van der Waals surface area contributed by atoms with Crippen molar-refractivity contribution in [2.75, 3.05) is 11.6 Å². The minimum atomic E-state index is -0.370. The van der Waals surface area contributed by atoms with Crippen LogP contribution in [0.5, 0.6) is 11.5 Å². The van der Waals surface area contributed by atoms with Crippen molar-refractivity contribution in [3.05, 3.63) is 50.0 Å². The molecular formula is C22H12N4O4S4. The SMILES string of the molecule is CCOC1=NN(c2ccccc2)C(=O)C1=C1Sc2c(O)c3c(c(O)c2S1)SC(=C(C#N)C#N)S3. The van der Waals surface area contributed by atoms with E-state index in [0.717, 1.165) is 47.0 Å². The van der Waals surface area contributed by atoms with E-state index in [4.69, 9.17) is 15.3 Å². The summed E-state index contributed by atoms with van der Waals surface area (Å²) in [6.07, 6.45) is 0. The van der Waals surface area contributed by atoms with Crippen LogP contribution in [0.3, 0.4) is 0 Å². The van der Waals surface area contributed by atoms with Crippen LogP contribution in [0.1, 0.15) is 6.92 Å². The molecule has 2 aromatic carbocycles.